The van der Waals surface area contributed by atoms with Crippen LogP contribution in [0.4, 0.5) is 5.69 Å². The molecule has 1 fully saturated rings. The summed E-state index contributed by atoms with van der Waals surface area (Å²) in [6.07, 6.45) is 0.00133. The van der Waals surface area contributed by atoms with E-state index in [2.05, 4.69) is 5.32 Å². The number of hydrogen-bond donors (Lipinski definition) is 2. The molecule has 2 aliphatic rings. The number of carboxylic acids is 1. The Balaban J connectivity index is 1.31. The first kappa shape index (κ1) is 28.0. The van der Waals surface area contributed by atoms with Crippen molar-refractivity contribution in [2.75, 3.05) is 17.3 Å². The Morgan fingerprint density at radius 1 is 1.15 bits per heavy atom. The molecular formula is C25H23N3O9S2. The van der Waals surface area contributed by atoms with Crippen molar-refractivity contribution in [3.63, 3.8) is 0 Å². The summed E-state index contributed by atoms with van der Waals surface area (Å²) in [7, 11) is -1.64. The summed E-state index contributed by atoms with van der Waals surface area (Å²) in [5, 5.41) is 22.1. The van der Waals surface area contributed by atoms with Crippen molar-refractivity contribution < 1.29 is 38.2 Å². The fourth-order valence-electron chi connectivity index (χ4n) is 4.14. The van der Waals surface area contributed by atoms with Crippen LogP contribution < -0.4 is 10.1 Å². The normalized spacial score (nSPS) is 20.1. The molecule has 0 bridgehead atoms. The molecule has 0 radical (unpaired) electrons. The molecule has 2 amide bonds. The second-order valence-electron chi connectivity index (χ2n) is 8.62. The van der Waals surface area contributed by atoms with Crippen LogP contribution in [0, 0.1) is 10.1 Å². The van der Waals surface area contributed by atoms with Crippen LogP contribution in [-0.4, -0.2) is 71.6 Å². The maximum Gasteiger partial charge on any atom is 0.352 e. The zero-order valence-electron chi connectivity index (χ0n) is 20.3. The lowest BCUT2D eigenvalue weighted by atomic mass is 10.0. The number of esters is 1. The van der Waals surface area contributed by atoms with E-state index in [0.717, 1.165) is 10.5 Å². The van der Waals surface area contributed by atoms with Gasteiger partial charge in [0.1, 0.15) is 22.9 Å². The molecule has 2 aliphatic heterocycles. The third-order valence-corrected chi connectivity index (χ3v) is 8.64. The highest BCUT2D eigenvalue weighted by molar-refractivity contribution is 7.99. The highest BCUT2D eigenvalue weighted by Gasteiger charge is 2.57. The second-order valence-corrected chi connectivity index (χ2v) is 11.3. The van der Waals surface area contributed by atoms with Crippen molar-refractivity contribution in [3.05, 3.63) is 81.5 Å². The van der Waals surface area contributed by atoms with E-state index < -0.39 is 50.9 Å². The van der Waals surface area contributed by atoms with Crippen molar-refractivity contribution in [1.82, 2.24) is 10.2 Å². The third kappa shape index (κ3) is 6.52. The smallest absolute Gasteiger partial charge is 0.352 e. The monoisotopic (exact) mass is 573 g/mol. The molecule has 204 valence electrons. The van der Waals surface area contributed by atoms with Gasteiger partial charge in [0.25, 0.3) is 11.6 Å². The molecule has 0 spiro atoms. The number of rotatable bonds is 11. The summed E-state index contributed by atoms with van der Waals surface area (Å²) >= 11 is 1.22. The SMILES string of the molecule is O=C(Cc1ccccc1)N[C@@H]1C(=O)N2C(C(=O)O)=C(CSCCC(=O)Oc3ccc([N+](=O)[O-])cc3)CS(=O)[C@H]12. The van der Waals surface area contributed by atoms with E-state index in [1.807, 2.05) is 6.07 Å². The van der Waals surface area contributed by atoms with Crippen molar-refractivity contribution >= 4 is 52.0 Å². The number of carbonyl (C=O) groups is 4. The van der Waals surface area contributed by atoms with Crippen molar-refractivity contribution in [2.24, 2.45) is 0 Å². The highest BCUT2D eigenvalue weighted by Crippen LogP contribution is 2.36. The van der Waals surface area contributed by atoms with E-state index in [9.17, 15) is 38.6 Å². The first-order valence-corrected chi connectivity index (χ1v) is 14.2. The molecule has 14 heteroatoms. The predicted molar refractivity (Wildman–Crippen MR) is 141 cm³/mol. The molecule has 12 nitrogen and oxygen atoms in total. The van der Waals surface area contributed by atoms with Crippen LogP contribution in [-0.2, 0) is 36.4 Å². The average Bonchev–Trinajstić information content (AvgIpc) is 2.90. The minimum Gasteiger partial charge on any atom is -0.477 e. The van der Waals surface area contributed by atoms with E-state index in [1.54, 1.807) is 24.3 Å². The Morgan fingerprint density at radius 3 is 2.49 bits per heavy atom. The number of fused-ring (bicyclic) bond motifs is 1. The predicted octanol–water partition coefficient (Wildman–Crippen LogP) is 1.62. The number of aliphatic carboxylic acids is 1. The number of non-ortho nitro benzene ring substituents is 1. The topological polar surface area (TPSA) is 173 Å². The zero-order chi connectivity index (χ0) is 28.1. The van der Waals surface area contributed by atoms with Gasteiger partial charge in [-0.05, 0) is 23.3 Å². The Kier molecular flexibility index (Phi) is 8.76. The molecule has 1 saturated heterocycles. The standard InChI is InChI=1S/C25H23N3O9S2/c29-19(12-15-4-2-1-3-5-15)26-21-23(31)27-22(25(32)33)16(14-39(36)24(21)27)13-38-11-10-20(30)37-18-8-6-17(7-9-18)28(34)35/h1-9,21,24H,10-14H2,(H,26,29)(H,32,33)/t21-,24-,39?/m1/s1. The number of ether oxygens (including phenoxy) is 1. The fraction of sp³-hybridized carbons (Fsp3) is 0.280. The van der Waals surface area contributed by atoms with Gasteiger partial charge in [-0.2, -0.15) is 11.8 Å². The number of carbonyl (C=O) groups excluding carboxylic acids is 3. The molecule has 3 atom stereocenters. The summed E-state index contributed by atoms with van der Waals surface area (Å²) in [4.78, 5) is 60.5. The number of carboxylic acid groups (broad SMARTS) is 1. The molecule has 2 heterocycles. The molecule has 0 saturated carbocycles. The van der Waals surface area contributed by atoms with Gasteiger partial charge < -0.3 is 15.2 Å². The van der Waals surface area contributed by atoms with E-state index in [0.29, 0.717) is 5.57 Å². The van der Waals surface area contributed by atoms with Gasteiger partial charge in [-0.1, -0.05) is 30.3 Å². The molecule has 2 aromatic carbocycles. The molecule has 2 N–H and O–H groups in total. The van der Waals surface area contributed by atoms with Crippen LogP contribution in [0.15, 0.2) is 65.9 Å². The molecule has 39 heavy (non-hydrogen) atoms. The number of amides is 2. The van der Waals surface area contributed by atoms with Gasteiger partial charge in [-0.3, -0.25) is 33.6 Å². The van der Waals surface area contributed by atoms with Gasteiger partial charge in [0, 0.05) is 23.6 Å². The van der Waals surface area contributed by atoms with Crippen LogP contribution >= 0.6 is 11.8 Å². The summed E-state index contributed by atoms with van der Waals surface area (Å²) in [5.74, 6) is -2.54. The molecule has 1 unspecified atom stereocenters. The van der Waals surface area contributed by atoms with Crippen LogP contribution in [0.3, 0.4) is 0 Å². The van der Waals surface area contributed by atoms with Gasteiger partial charge in [0.2, 0.25) is 5.91 Å². The minimum absolute atomic E-state index is 0.0266. The van der Waals surface area contributed by atoms with Crippen molar-refractivity contribution in [1.29, 1.82) is 0 Å². The van der Waals surface area contributed by atoms with Gasteiger partial charge in [-0.25, -0.2) is 4.79 Å². The van der Waals surface area contributed by atoms with Gasteiger partial charge in [0.05, 0.1) is 34.3 Å². The van der Waals surface area contributed by atoms with Gasteiger partial charge in [-0.15, -0.1) is 0 Å². The Bertz CT molecular complexity index is 1360. The number of benzene rings is 2. The number of β-lactam (4-membered cyclic amide) rings is 1. The summed E-state index contributed by atoms with van der Waals surface area (Å²) in [6, 6.07) is 12.9. The second kappa shape index (κ2) is 12.2. The minimum atomic E-state index is -1.64. The quantitative estimate of drug-likeness (QED) is 0.100. The maximum atomic E-state index is 13.0. The van der Waals surface area contributed by atoms with Gasteiger partial charge in [0.15, 0.2) is 0 Å². The number of thioether (sulfide) groups is 1. The van der Waals surface area contributed by atoms with Gasteiger partial charge >= 0.3 is 11.9 Å². The van der Waals surface area contributed by atoms with E-state index in [1.165, 1.54) is 36.0 Å². The lowest BCUT2D eigenvalue weighted by Gasteiger charge is -2.49. The fourth-order valence-corrected chi connectivity index (χ4v) is 6.89. The first-order valence-electron chi connectivity index (χ1n) is 11.7. The van der Waals surface area contributed by atoms with E-state index in [4.69, 9.17) is 4.74 Å². The van der Waals surface area contributed by atoms with Crippen LogP contribution in [0.5, 0.6) is 5.75 Å². The lowest BCUT2D eigenvalue weighted by molar-refractivity contribution is -0.384. The number of hydrogen-bond acceptors (Lipinski definition) is 9. The summed E-state index contributed by atoms with van der Waals surface area (Å²) in [5.41, 5.74) is 0.652. The summed E-state index contributed by atoms with van der Waals surface area (Å²) < 4.78 is 18.1. The number of nitro groups is 1. The molecule has 4 rings (SSSR count). The molecular weight excluding hydrogens is 550 g/mol. The largest absolute Gasteiger partial charge is 0.477 e. The zero-order valence-corrected chi connectivity index (χ0v) is 21.9. The maximum absolute atomic E-state index is 13.0. The van der Waals surface area contributed by atoms with Crippen molar-refractivity contribution in [3.8, 4) is 5.75 Å². The average molecular weight is 574 g/mol. The van der Waals surface area contributed by atoms with Crippen LogP contribution in [0.2, 0.25) is 0 Å². The molecule has 0 aromatic heterocycles. The molecule has 0 aliphatic carbocycles. The third-order valence-electron chi connectivity index (χ3n) is 5.94. The Morgan fingerprint density at radius 2 is 1.85 bits per heavy atom. The lowest BCUT2D eigenvalue weighted by Crippen LogP contribution is -2.73. The number of nitrogens with zero attached hydrogens (tertiary/aromatic N) is 2. The number of nitrogens with one attached hydrogen (secondary N) is 1. The number of nitro benzene ring substituents is 1. The van der Waals surface area contributed by atoms with Crippen LogP contribution in [0.1, 0.15) is 12.0 Å². The molecule has 2 aromatic rings. The van der Waals surface area contributed by atoms with E-state index >= 15 is 0 Å². The van der Waals surface area contributed by atoms with E-state index in [-0.39, 0.29) is 47.2 Å². The summed E-state index contributed by atoms with van der Waals surface area (Å²) in [6.45, 7) is 0. The van der Waals surface area contributed by atoms with Crippen molar-refractivity contribution in [2.45, 2.75) is 24.3 Å². The highest BCUT2D eigenvalue weighted by atomic mass is 32.2. The van der Waals surface area contributed by atoms with Crippen LogP contribution in [0.25, 0.3) is 0 Å². The Hall–Kier alpha value is -4.04. The first-order chi connectivity index (χ1) is 18.7. The Labute approximate surface area is 229 Å².